The molecule has 12 heavy (non-hydrogen) atoms. The summed E-state index contributed by atoms with van der Waals surface area (Å²) in [7, 11) is 0. The zero-order chi connectivity index (χ0) is 9.30. The second-order valence-electron chi connectivity index (χ2n) is 3.40. The van der Waals surface area contributed by atoms with Crippen LogP contribution in [0, 0.1) is 27.7 Å². The fourth-order valence-electron chi connectivity index (χ4n) is 1.54. The molecule has 0 aliphatic rings. The van der Waals surface area contributed by atoms with E-state index in [1.165, 1.54) is 27.8 Å². The van der Waals surface area contributed by atoms with Crippen LogP contribution in [-0.2, 0) is 5.75 Å². The number of benzene rings is 1. The fraction of sp³-hybridized carbons (Fsp3) is 0.455. The van der Waals surface area contributed by atoms with Gasteiger partial charge in [0.1, 0.15) is 0 Å². The Labute approximate surface area is 80.4 Å². The van der Waals surface area contributed by atoms with Gasteiger partial charge in [0.15, 0.2) is 0 Å². The number of hydrogen-bond acceptors (Lipinski definition) is 1. The summed E-state index contributed by atoms with van der Waals surface area (Å²) in [5.74, 6) is 0.847. The first-order valence-electron chi connectivity index (χ1n) is 4.25. The SMILES string of the molecule is Cc1cc(C)c(C)c(CS)c1C. The monoisotopic (exact) mass is 180 g/mol. The Morgan fingerprint density at radius 1 is 1.00 bits per heavy atom. The van der Waals surface area contributed by atoms with Crippen molar-refractivity contribution in [1.29, 1.82) is 0 Å². The third-order valence-corrected chi connectivity index (χ3v) is 3.00. The zero-order valence-electron chi connectivity index (χ0n) is 8.23. The predicted octanol–water partition coefficient (Wildman–Crippen LogP) is 3.35. The lowest BCUT2D eigenvalue weighted by Gasteiger charge is -2.12. The molecule has 66 valence electrons. The molecule has 0 bridgehead atoms. The topological polar surface area (TPSA) is 0 Å². The Kier molecular flexibility index (Phi) is 2.84. The van der Waals surface area contributed by atoms with Gasteiger partial charge in [0.2, 0.25) is 0 Å². The summed E-state index contributed by atoms with van der Waals surface area (Å²) < 4.78 is 0. The predicted molar refractivity (Wildman–Crippen MR) is 58.1 cm³/mol. The first kappa shape index (κ1) is 9.66. The first-order valence-corrected chi connectivity index (χ1v) is 4.88. The van der Waals surface area contributed by atoms with Gasteiger partial charge >= 0.3 is 0 Å². The Morgan fingerprint density at radius 3 is 1.75 bits per heavy atom. The molecule has 0 saturated carbocycles. The summed E-state index contributed by atoms with van der Waals surface area (Å²) in [5, 5.41) is 0. The van der Waals surface area contributed by atoms with Gasteiger partial charge in [0.25, 0.3) is 0 Å². The number of rotatable bonds is 1. The molecule has 0 N–H and O–H groups in total. The van der Waals surface area contributed by atoms with Crippen LogP contribution >= 0.6 is 12.6 Å². The van der Waals surface area contributed by atoms with Crippen molar-refractivity contribution in [1.82, 2.24) is 0 Å². The van der Waals surface area contributed by atoms with E-state index in [4.69, 9.17) is 0 Å². The summed E-state index contributed by atoms with van der Waals surface area (Å²) in [4.78, 5) is 0. The van der Waals surface area contributed by atoms with Crippen molar-refractivity contribution in [2.45, 2.75) is 33.4 Å². The van der Waals surface area contributed by atoms with E-state index in [2.05, 4.69) is 46.4 Å². The van der Waals surface area contributed by atoms with Gasteiger partial charge in [-0.25, -0.2) is 0 Å². The van der Waals surface area contributed by atoms with E-state index in [9.17, 15) is 0 Å². The van der Waals surface area contributed by atoms with Crippen LogP contribution in [0.1, 0.15) is 27.8 Å². The summed E-state index contributed by atoms with van der Waals surface area (Å²) in [6.07, 6.45) is 0. The van der Waals surface area contributed by atoms with Crippen LogP contribution < -0.4 is 0 Å². The standard InChI is InChI=1S/C11H16S/c1-7-5-8(2)10(4)11(6-12)9(7)3/h5,12H,6H2,1-4H3. The van der Waals surface area contributed by atoms with Crippen LogP contribution in [0.5, 0.6) is 0 Å². The van der Waals surface area contributed by atoms with Crippen LogP contribution in [0.4, 0.5) is 0 Å². The second-order valence-corrected chi connectivity index (χ2v) is 3.71. The van der Waals surface area contributed by atoms with Crippen LogP contribution in [0.15, 0.2) is 6.07 Å². The Balaban J connectivity index is 3.42. The first-order chi connectivity index (χ1) is 5.57. The van der Waals surface area contributed by atoms with E-state index < -0.39 is 0 Å². The Hall–Kier alpha value is -0.430. The average molecular weight is 180 g/mol. The number of hydrogen-bond donors (Lipinski definition) is 1. The molecule has 0 radical (unpaired) electrons. The highest BCUT2D eigenvalue weighted by Gasteiger charge is 2.05. The van der Waals surface area contributed by atoms with Crippen molar-refractivity contribution in [2.24, 2.45) is 0 Å². The van der Waals surface area contributed by atoms with Crippen molar-refractivity contribution in [3.05, 3.63) is 33.9 Å². The number of thiol groups is 1. The van der Waals surface area contributed by atoms with E-state index in [1.54, 1.807) is 0 Å². The molecule has 1 heteroatoms. The normalized spacial score (nSPS) is 10.4. The number of aryl methyl sites for hydroxylation is 2. The minimum absolute atomic E-state index is 0.847. The molecule has 0 spiro atoms. The summed E-state index contributed by atoms with van der Waals surface area (Å²) in [6, 6.07) is 2.25. The average Bonchev–Trinajstić information content (AvgIpc) is 2.02. The Bertz CT molecular complexity index is 274. The molecule has 1 aromatic rings. The molecule has 0 unspecified atom stereocenters. The zero-order valence-corrected chi connectivity index (χ0v) is 9.13. The molecule has 0 aromatic heterocycles. The maximum atomic E-state index is 4.34. The molecule has 0 atom stereocenters. The van der Waals surface area contributed by atoms with Crippen molar-refractivity contribution >= 4 is 12.6 Å². The van der Waals surface area contributed by atoms with E-state index in [1.807, 2.05) is 0 Å². The van der Waals surface area contributed by atoms with Crippen LogP contribution in [0.25, 0.3) is 0 Å². The van der Waals surface area contributed by atoms with Crippen molar-refractivity contribution in [3.63, 3.8) is 0 Å². The van der Waals surface area contributed by atoms with Crippen LogP contribution in [-0.4, -0.2) is 0 Å². The maximum Gasteiger partial charge on any atom is 0.0159 e. The van der Waals surface area contributed by atoms with Crippen molar-refractivity contribution in [2.75, 3.05) is 0 Å². The lowest BCUT2D eigenvalue weighted by atomic mass is 9.95. The van der Waals surface area contributed by atoms with Gasteiger partial charge < -0.3 is 0 Å². The lowest BCUT2D eigenvalue weighted by molar-refractivity contribution is 1.16. The third-order valence-electron chi connectivity index (χ3n) is 2.68. The van der Waals surface area contributed by atoms with Gasteiger partial charge in [0.05, 0.1) is 0 Å². The quantitative estimate of drug-likeness (QED) is 0.630. The van der Waals surface area contributed by atoms with Crippen LogP contribution in [0.2, 0.25) is 0 Å². The van der Waals surface area contributed by atoms with E-state index in [0.29, 0.717) is 0 Å². The lowest BCUT2D eigenvalue weighted by Crippen LogP contribution is -1.96. The molecule has 0 heterocycles. The molecule has 1 rings (SSSR count). The third kappa shape index (κ3) is 1.51. The summed E-state index contributed by atoms with van der Waals surface area (Å²) >= 11 is 4.34. The summed E-state index contributed by atoms with van der Waals surface area (Å²) in [6.45, 7) is 8.67. The second kappa shape index (κ2) is 3.53. The highest BCUT2D eigenvalue weighted by atomic mass is 32.1. The highest BCUT2D eigenvalue weighted by molar-refractivity contribution is 7.79. The molecule has 0 amide bonds. The van der Waals surface area contributed by atoms with E-state index >= 15 is 0 Å². The Morgan fingerprint density at radius 2 is 1.42 bits per heavy atom. The van der Waals surface area contributed by atoms with Gasteiger partial charge in [-0.2, -0.15) is 12.6 Å². The van der Waals surface area contributed by atoms with Gasteiger partial charge in [-0.1, -0.05) is 6.07 Å². The van der Waals surface area contributed by atoms with Crippen LogP contribution in [0.3, 0.4) is 0 Å². The maximum absolute atomic E-state index is 4.34. The molecule has 0 aliphatic carbocycles. The fourth-order valence-corrected chi connectivity index (χ4v) is 2.01. The molecular formula is C11H16S. The van der Waals surface area contributed by atoms with E-state index in [0.717, 1.165) is 5.75 Å². The molecule has 0 saturated heterocycles. The van der Waals surface area contributed by atoms with Crippen molar-refractivity contribution in [3.8, 4) is 0 Å². The summed E-state index contributed by atoms with van der Waals surface area (Å²) in [5.41, 5.74) is 6.95. The highest BCUT2D eigenvalue weighted by Crippen LogP contribution is 2.22. The minimum Gasteiger partial charge on any atom is -0.175 e. The molecular weight excluding hydrogens is 164 g/mol. The van der Waals surface area contributed by atoms with E-state index in [-0.39, 0.29) is 0 Å². The van der Waals surface area contributed by atoms with Gasteiger partial charge in [-0.15, -0.1) is 0 Å². The molecule has 1 aromatic carbocycles. The van der Waals surface area contributed by atoms with Gasteiger partial charge in [-0.05, 0) is 55.5 Å². The van der Waals surface area contributed by atoms with Gasteiger partial charge in [0, 0.05) is 5.75 Å². The smallest absolute Gasteiger partial charge is 0.0159 e. The molecule has 0 fully saturated rings. The minimum atomic E-state index is 0.847. The molecule has 0 aliphatic heterocycles. The van der Waals surface area contributed by atoms with Gasteiger partial charge in [-0.3, -0.25) is 0 Å². The molecule has 0 nitrogen and oxygen atoms in total. The van der Waals surface area contributed by atoms with Crippen molar-refractivity contribution < 1.29 is 0 Å². The largest absolute Gasteiger partial charge is 0.175 e.